The number of nitrogen functional groups attached to an aromatic ring is 1. The Bertz CT molecular complexity index is 1240. The summed E-state index contributed by atoms with van der Waals surface area (Å²) in [6.45, 7) is 3.06. The van der Waals surface area contributed by atoms with Gasteiger partial charge in [-0.3, -0.25) is 4.79 Å². The molecule has 3 heterocycles. The zero-order chi connectivity index (χ0) is 24.1. The molecule has 4 rings (SSSR count). The van der Waals surface area contributed by atoms with Crippen LogP contribution < -0.4 is 5.73 Å². The monoisotopic (exact) mass is 459 g/mol. The van der Waals surface area contributed by atoms with Crippen LogP contribution in [0.2, 0.25) is 0 Å². The second kappa shape index (κ2) is 10.4. The first-order valence-corrected chi connectivity index (χ1v) is 11.2. The van der Waals surface area contributed by atoms with Crippen molar-refractivity contribution in [2.24, 2.45) is 0 Å². The smallest absolute Gasteiger partial charge is 0.256 e. The molecule has 0 saturated carbocycles. The van der Waals surface area contributed by atoms with Crippen molar-refractivity contribution in [3.05, 3.63) is 71.1 Å². The number of benzene rings is 1. The lowest BCUT2D eigenvalue weighted by atomic mass is 10.0. The first-order valence-electron chi connectivity index (χ1n) is 11.2. The van der Waals surface area contributed by atoms with E-state index >= 15 is 4.39 Å². The number of amides is 1. The van der Waals surface area contributed by atoms with E-state index in [0.717, 1.165) is 18.5 Å². The lowest BCUT2D eigenvalue weighted by Gasteiger charge is -2.31. The predicted octanol–water partition coefficient (Wildman–Crippen LogP) is 3.47. The Balaban J connectivity index is 1.64. The predicted molar refractivity (Wildman–Crippen MR) is 127 cm³/mol. The number of anilines is 1. The highest BCUT2D eigenvalue weighted by molar-refractivity contribution is 5.95. The number of pyridine rings is 1. The van der Waals surface area contributed by atoms with Crippen LogP contribution in [0.5, 0.6) is 0 Å². The number of rotatable bonds is 4. The number of aryl methyl sites for hydroxylation is 1. The molecule has 0 atom stereocenters. The van der Waals surface area contributed by atoms with E-state index in [2.05, 4.69) is 26.8 Å². The molecule has 0 spiro atoms. The number of methoxy groups -OCH3 is 1. The van der Waals surface area contributed by atoms with Gasteiger partial charge in [0.05, 0.1) is 28.6 Å². The van der Waals surface area contributed by atoms with Crippen molar-refractivity contribution < 1.29 is 13.9 Å². The van der Waals surface area contributed by atoms with Crippen molar-refractivity contribution in [1.82, 2.24) is 19.9 Å². The average Bonchev–Trinajstić information content (AvgIpc) is 2.87. The largest absolute Gasteiger partial charge is 0.384 e. The molecule has 34 heavy (non-hydrogen) atoms. The van der Waals surface area contributed by atoms with Gasteiger partial charge < -0.3 is 15.4 Å². The third kappa shape index (κ3) is 5.05. The van der Waals surface area contributed by atoms with E-state index in [1.807, 2.05) is 6.92 Å². The van der Waals surface area contributed by atoms with Gasteiger partial charge in [0.1, 0.15) is 18.0 Å². The van der Waals surface area contributed by atoms with Crippen LogP contribution in [-0.2, 0) is 11.2 Å². The highest BCUT2D eigenvalue weighted by atomic mass is 19.1. The number of hydrogen-bond acceptors (Lipinski definition) is 6. The number of halogens is 1. The zero-order valence-corrected chi connectivity index (χ0v) is 19.2. The summed E-state index contributed by atoms with van der Waals surface area (Å²) in [7, 11) is 1.67. The first kappa shape index (κ1) is 23.3. The third-order valence-corrected chi connectivity index (χ3v) is 5.91. The van der Waals surface area contributed by atoms with Gasteiger partial charge in [-0.1, -0.05) is 24.8 Å². The van der Waals surface area contributed by atoms with E-state index in [9.17, 15) is 4.79 Å². The van der Waals surface area contributed by atoms with Crippen molar-refractivity contribution >= 4 is 11.7 Å². The molecule has 0 radical (unpaired) electrons. The van der Waals surface area contributed by atoms with Crippen molar-refractivity contribution in [2.75, 3.05) is 25.9 Å². The number of piperidine rings is 1. The van der Waals surface area contributed by atoms with E-state index in [1.54, 1.807) is 36.4 Å². The summed E-state index contributed by atoms with van der Waals surface area (Å²) in [5, 5.41) is 0. The summed E-state index contributed by atoms with van der Waals surface area (Å²) in [5.41, 5.74) is 8.79. The van der Waals surface area contributed by atoms with E-state index < -0.39 is 5.82 Å². The molecule has 2 aromatic heterocycles. The fourth-order valence-electron chi connectivity index (χ4n) is 3.96. The van der Waals surface area contributed by atoms with Crippen molar-refractivity contribution in [3.8, 4) is 23.1 Å². The van der Waals surface area contributed by atoms with Gasteiger partial charge in [0, 0.05) is 37.5 Å². The molecule has 0 aliphatic carbocycles. The number of aromatic nitrogens is 3. The van der Waals surface area contributed by atoms with Crippen LogP contribution in [0, 0.1) is 17.7 Å². The second-order valence-electron chi connectivity index (χ2n) is 8.04. The lowest BCUT2D eigenvalue weighted by Crippen LogP contribution is -2.40. The average molecular weight is 460 g/mol. The molecule has 0 unspecified atom stereocenters. The molecule has 1 aromatic carbocycles. The quantitative estimate of drug-likeness (QED) is 0.601. The Kier molecular flexibility index (Phi) is 7.14. The number of nitrogens with two attached hydrogens (primary N) is 1. The molecule has 2 N–H and O–H groups in total. The molecule has 1 saturated heterocycles. The number of nitrogens with zero attached hydrogens (tertiary/aromatic N) is 4. The van der Waals surface area contributed by atoms with Crippen LogP contribution in [0.3, 0.4) is 0 Å². The SMILES string of the molecule is CCc1ncnc(-c2ccc(C(=O)N3CCC(OC)CC3)c(F)c2)c1C#Cc1ccc(N)nc1. The minimum absolute atomic E-state index is 0.0463. The van der Waals surface area contributed by atoms with E-state index in [1.165, 1.54) is 18.5 Å². The van der Waals surface area contributed by atoms with Crippen LogP contribution in [0.1, 0.15) is 46.9 Å². The van der Waals surface area contributed by atoms with Gasteiger partial charge in [0.2, 0.25) is 0 Å². The standard InChI is InChI=1S/C26H26FN5O2/c1-3-23-21(7-4-17-5-9-24(28)29-15-17)25(31-16-30-23)18-6-8-20(22(27)14-18)26(33)32-12-10-19(34-2)11-13-32/h5-6,8-9,14-16,19H,3,10-13H2,1-2H3,(H2,28,29). The molecule has 1 amide bonds. The van der Waals surface area contributed by atoms with Gasteiger partial charge in [-0.05, 0) is 43.5 Å². The van der Waals surface area contributed by atoms with Gasteiger partial charge in [-0.25, -0.2) is 19.3 Å². The fourth-order valence-corrected chi connectivity index (χ4v) is 3.96. The molecule has 1 aliphatic rings. The topological polar surface area (TPSA) is 94.2 Å². The van der Waals surface area contributed by atoms with E-state index in [-0.39, 0.29) is 17.6 Å². The Morgan fingerprint density at radius 3 is 2.62 bits per heavy atom. The number of carbonyl (C=O) groups excluding carboxylic acids is 1. The molecule has 1 fully saturated rings. The highest BCUT2D eigenvalue weighted by Crippen LogP contribution is 2.26. The Morgan fingerprint density at radius 2 is 1.97 bits per heavy atom. The van der Waals surface area contributed by atoms with E-state index in [0.29, 0.717) is 47.7 Å². The lowest BCUT2D eigenvalue weighted by molar-refractivity contribution is 0.0348. The number of likely N-dealkylation sites (tertiary alicyclic amines) is 1. The Hall–Kier alpha value is -3.83. The minimum Gasteiger partial charge on any atom is -0.384 e. The zero-order valence-electron chi connectivity index (χ0n) is 19.2. The summed E-state index contributed by atoms with van der Waals surface area (Å²) in [4.78, 5) is 27.3. The fraction of sp³-hybridized carbons (Fsp3) is 0.308. The summed E-state index contributed by atoms with van der Waals surface area (Å²) in [6, 6.07) is 8.02. The van der Waals surface area contributed by atoms with Gasteiger partial charge in [0.15, 0.2) is 0 Å². The molecule has 3 aromatic rings. The normalized spacial score (nSPS) is 13.9. The molecule has 8 heteroatoms. The Morgan fingerprint density at radius 1 is 1.18 bits per heavy atom. The highest BCUT2D eigenvalue weighted by Gasteiger charge is 2.25. The number of ether oxygens (including phenoxy) is 1. The molecule has 0 bridgehead atoms. The van der Waals surface area contributed by atoms with Crippen molar-refractivity contribution in [2.45, 2.75) is 32.3 Å². The van der Waals surface area contributed by atoms with Crippen LogP contribution in [0.4, 0.5) is 10.2 Å². The molecule has 7 nitrogen and oxygen atoms in total. The maximum Gasteiger partial charge on any atom is 0.256 e. The number of carbonyl (C=O) groups is 1. The van der Waals surface area contributed by atoms with Crippen molar-refractivity contribution in [3.63, 3.8) is 0 Å². The van der Waals surface area contributed by atoms with E-state index in [4.69, 9.17) is 10.5 Å². The first-order chi connectivity index (χ1) is 16.5. The summed E-state index contributed by atoms with van der Waals surface area (Å²) >= 11 is 0. The van der Waals surface area contributed by atoms with Gasteiger partial charge >= 0.3 is 0 Å². The second-order valence-corrected chi connectivity index (χ2v) is 8.04. The summed E-state index contributed by atoms with van der Waals surface area (Å²) < 4.78 is 20.5. The van der Waals surface area contributed by atoms with Crippen LogP contribution in [0.25, 0.3) is 11.3 Å². The molecule has 1 aliphatic heterocycles. The molecule has 174 valence electrons. The van der Waals surface area contributed by atoms with Gasteiger partial charge in [-0.2, -0.15) is 0 Å². The minimum atomic E-state index is -0.588. The Labute approximate surface area is 198 Å². The number of hydrogen-bond donors (Lipinski definition) is 1. The summed E-state index contributed by atoms with van der Waals surface area (Å²) in [5.74, 6) is 5.69. The summed E-state index contributed by atoms with van der Waals surface area (Å²) in [6.07, 6.45) is 5.30. The van der Waals surface area contributed by atoms with Crippen LogP contribution >= 0.6 is 0 Å². The van der Waals surface area contributed by atoms with Crippen LogP contribution in [0.15, 0.2) is 42.9 Å². The van der Waals surface area contributed by atoms with Gasteiger partial charge in [0.25, 0.3) is 5.91 Å². The van der Waals surface area contributed by atoms with Crippen molar-refractivity contribution in [1.29, 1.82) is 0 Å². The third-order valence-electron chi connectivity index (χ3n) is 5.91. The maximum atomic E-state index is 15.1. The maximum absolute atomic E-state index is 15.1. The molecular formula is C26H26FN5O2. The molecular weight excluding hydrogens is 433 g/mol. The van der Waals surface area contributed by atoms with Crippen LogP contribution in [-0.4, -0.2) is 52.1 Å². The van der Waals surface area contributed by atoms with Gasteiger partial charge in [-0.15, -0.1) is 0 Å².